The molecule has 9 rings (SSSR count). The molecule has 9 aromatic rings. The van der Waals surface area contributed by atoms with Gasteiger partial charge in [-0.25, -0.2) is 0 Å². The molecule has 50 heavy (non-hydrogen) atoms. The summed E-state index contributed by atoms with van der Waals surface area (Å²) >= 11 is 0. The number of nitriles is 3. The standard InChI is InChI=1S/C45H25N5/c46-26-29-13-21-44-39(23-29)40-24-30(27-47)14-22-45(40)49(44)34-19-17-31(18-20-34)32-15-16-33(28-48)38(25-32)37-9-3-6-12-43(37)50-41-10-4-1-7-35(41)36-8-2-5-11-42(36)50/h1-25H. The van der Waals surface area contributed by atoms with Crippen molar-refractivity contribution in [1.82, 2.24) is 9.13 Å². The van der Waals surface area contributed by atoms with Crippen molar-refractivity contribution in [2.45, 2.75) is 0 Å². The van der Waals surface area contributed by atoms with Gasteiger partial charge in [-0.05, 0) is 90.0 Å². The van der Waals surface area contributed by atoms with Gasteiger partial charge < -0.3 is 9.13 Å². The Kier molecular flexibility index (Phi) is 6.56. The molecule has 0 fully saturated rings. The Labute approximate surface area is 287 Å². The summed E-state index contributed by atoms with van der Waals surface area (Å²) in [5, 5.41) is 33.7. The second-order valence-corrected chi connectivity index (χ2v) is 12.3. The summed E-state index contributed by atoms with van der Waals surface area (Å²) in [4.78, 5) is 0. The topological polar surface area (TPSA) is 81.2 Å². The molecule has 0 N–H and O–H groups in total. The van der Waals surface area contributed by atoms with Crippen molar-refractivity contribution < 1.29 is 0 Å². The summed E-state index contributed by atoms with van der Waals surface area (Å²) in [5.74, 6) is 0. The minimum Gasteiger partial charge on any atom is -0.309 e. The molecule has 0 radical (unpaired) electrons. The number of hydrogen-bond donors (Lipinski definition) is 0. The first-order valence-electron chi connectivity index (χ1n) is 16.3. The zero-order valence-electron chi connectivity index (χ0n) is 26.7. The van der Waals surface area contributed by atoms with Gasteiger partial charge in [-0.3, -0.25) is 0 Å². The molecule has 0 unspecified atom stereocenters. The van der Waals surface area contributed by atoms with Crippen LogP contribution in [0.3, 0.4) is 0 Å². The van der Waals surface area contributed by atoms with E-state index >= 15 is 0 Å². The first kappa shape index (κ1) is 28.8. The van der Waals surface area contributed by atoms with Crippen LogP contribution in [0.25, 0.3) is 77.2 Å². The molecule has 0 aliphatic carbocycles. The normalized spacial score (nSPS) is 11.1. The highest BCUT2D eigenvalue weighted by Crippen LogP contribution is 2.39. The molecule has 0 aliphatic rings. The van der Waals surface area contributed by atoms with Crippen LogP contribution in [-0.4, -0.2) is 9.13 Å². The summed E-state index contributed by atoms with van der Waals surface area (Å²) in [6.07, 6.45) is 0. The van der Waals surface area contributed by atoms with Crippen LogP contribution in [0.15, 0.2) is 152 Å². The summed E-state index contributed by atoms with van der Waals surface area (Å²) in [5.41, 5.74) is 11.8. The number of hydrogen-bond acceptors (Lipinski definition) is 3. The van der Waals surface area contributed by atoms with Gasteiger partial charge in [-0.1, -0.05) is 72.8 Å². The van der Waals surface area contributed by atoms with E-state index in [2.05, 4.69) is 118 Å². The minimum absolute atomic E-state index is 0.575. The Morgan fingerprint density at radius 3 is 1.52 bits per heavy atom. The molecule has 0 saturated carbocycles. The van der Waals surface area contributed by atoms with Crippen molar-refractivity contribution in [3.63, 3.8) is 0 Å². The van der Waals surface area contributed by atoms with Crippen LogP contribution in [-0.2, 0) is 0 Å². The predicted octanol–water partition coefficient (Wildman–Crippen LogP) is 10.8. The van der Waals surface area contributed by atoms with Gasteiger partial charge in [0, 0.05) is 38.4 Å². The number of benzene rings is 7. The molecule has 5 nitrogen and oxygen atoms in total. The first-order valence-corrected chi connectivity index (χ1v) is 16.3. The molecule has 0 aliphatic heterocycles. The smallest absolute Gasteiger partial charge is 0.0998 e. The van der Waals surface area contributed by atoms with E-state index in [1.165, 1.54) is 10.8 Å². The third-order valence-corrected chi connectivity index (χ3v) is 9.64. The fraction of sp³-hybridized carbons (Fsp3) is 0. The molecule has 0 spiro atoms. The van der Waals surface area contributed by atoms with Crippen molar-refractivity contribution >= 4 is 43.6 Å². The predicted molar refractivity (Wildman–Crippen MR) is 200 cm³/mol. The average molecular weight is 636 g/mol. The van der Waals surface area contributed by atoms with Crippen LogP contribution in [0.2, 0.25) is 0 Å². The van der Waals surface area contributed by atoms with Crippen LogP contribution >= 0.6 is 0 Å². The summed E-state index contributed by atoms with van der Waals surface area (Å²) in [7, 11) is 0. The minimum atomic E-state index is 0.575. The van der Waals surface area contributed by atoms with Gasteiger partial charge in [0.25, 0.3) is 0 Å². The number of aromatic nitrogens is 2. The summed E-state index contributed by atoms with van der Waals surface area (Å²) < 4.78 is 4.47. The lowest BCUT2D eigenvalue weighted by Gasteiger charge is -2.16. The molecule has 5 heteroatoms. The molecule has 7 aromatic carbocycles. The van der Waals surface area contributed by atoms with Crippen molar-refractivity contribution in [3.8, 4) is 51.8 Å². The van der Waals surface area contributed by atoms with E-state index in [1.54, 1.807) is 0 Å². The quantitative estimate of drug-likeness (QED) is 0.193. The van der Waals surface area contributed by atoms with Crippen molar-refractivity contribution in [1.29, 1.82) is 15.8 Å². The SMILES string of the molecule is N#Cc1ccc2c(c1)c1cc(C#N)ccc1n2-c1ccc(-c2ccc(C#N)c(-c3ccccc3-n3c4ccccc4c4ccccc43)c2)cc1. The largest absolute Gasteiger partial charge is 0.309 e. The maximum absolute atomic E-state index is 10.3. The third-order valence-electron chi connectivity index (χ3n) is 9.64. The zero-order chi connectivity index (χ0) is 33.8. The molecular formula is C45H25N5. The fourth-order valence-corrected chi connectivity index (χ4v) is 7.37. The number of rotatable bonds is 4. The fourth-order valence-electron chi connectivity index (χ4n) is 7.37. The van der Waals surface area contributed by atoms with Crippen molar-refractivity contribution in [3.05, 3.63) is 168 Å². The molecule has 0 saturated heterocycles. The molecular weight excluding hydrogens is 611 g/mol. The summed E-state index contributed by atoms with van der Waals surface area (Å²) in [6.45, 7) is 0. The zero-order valence-corrected chi connectivity index (χ0v) is 26.7. The van der Waals surface area contributed by atoms with Crippen LogP contribution in [0.1, 0.15) is 16.7 Å². The van der Waals surface area contributed by atoms with E-state index in [0.717, 1.165) is 66.5 Å². The third kappa shape index (κ3) is 4.38. The van der Waals surface area contributed by atoms with Gasteiger partial charge in [0.1, 0.15) is 0 Å². The van der Waals surface area contributed by atoms with Gasteiger partial charge in [0.15, 0.2) is 0 Å². The van der Waals surface area contributed by atoms with Gasteiger partial charge in [-0.15, -0.1) is 0 Å². The highest BCUT2D eigenvalue weighted by Gasteiger charge is 2.18. The number of fused-ring (bicyclic) bond motifs is 6. The van der Waals surface area contributed by atoms with Gasteiger partial charge in [-0.2, -0.15) is 15.8 Å². The first-order chi connectivity index (χ1) is 24.7. The molecule has 230 valence electrons. The number of para-hydroxylation sites is 3. The van der Waals surface area contributed by atoms with E-state index in [1.807, 2.05) is 60.7 Å². The van der Waals surface area contributed by atoms with E-state index in [4.69, 9.17) is 0 Å². The van der Waals surface area contributed by atoms with Crippen LogP contribution in [0.4, 0.5) is 0 Å². The lowest BCUT2D eigenvalue weighted by molar-refractivity contribution is 1.18. The molecule has 2 heterocycles. The van der Waals surface area contributed by atoms with Gasteiger partial charge >= 0.3 is 0 Å². The van der Waals surface area contributed by atoms with Crippen molar-refractivity contribution in [2.75, 3.05) is 0 Å². The molecule has 2 aromatic heterocycles. The van der Waals surface area contributed by atoms with Gasteiger partial charge in [0.2, 0.25) is 0 Å². The monoisotopic (exact) mass is 635 g/mol. The Bertz CT molecular complexity index is 2830. The Balaban J connectivity index is 1.18. The molecule has 0 amide bonds. The maximum atomic E-state index is 10.3. The average Bonchev–Trinajstić information content (AvgIpc) is 3.69. The second-order valence-electron chi connectivity index (χ2n) is 12.3. The summed E-state index contributed by atoms with van der Waals surface area (Å²) in [6, 6.07) is 57.9. The second kappa shape index (κ2) is 11.4. The van der Waals surface area contributed by atoms with E-state index in [9.17, 15) is 15.8 Å². The van der Waals surface area contributed by atoms with E-state index in [-0.39, 0.29) is 0 Å². The molecule has 0 bridgehead atoms. The maximum Gasteiger partial charge on any atom is 0.0998 e. The Morgan fingerprint density at radius 1 is 0.380 bits per heavy atom. The van der Waals surface area contributed by atoms with E-state index in [0.29, 0.717) is 16.7 Å². The van der Waals surface area contributed by atoms with Gasteiger partial charge in [0.05, 0.1) is 62.7 Å². The highest BCUT2D eigenvalue weighted by atomic mass is 15.0. The molecule has 0 atom stereocenters. The lowest BCUT2D eigenvalue weighted by Crippen LogP contribution is -1.98. The Hall–Kier alpha value is -7.39. The van der Waals surface area contributed by atoms with Crippen LogP contribution < -0.4 is 0 Å². The van der Waals surface area contributed by atoms with E-state index < -0.39 is 0 Å². The Morgan fingerprint density at radius 2 is 0.920 bits per heavy atom. The van der Waals surface area contributed by atoms with Crippen molar-refractivity contribution in [2.24, 2.45) is 0 Å². The number of nitrogens with zero attached hydrogens (tertiary/aromatic N) is 5. The lowest BCUT2D eigenvalue weighted by atomic mass is 9.94. The highest BCUT2D eigenvalue weighted by molar-refractivity contribution is 6.11. The van der Waals surface area contributed by atoms with Crippen LogP contribution in [0.5, 0.6) is 0 Å². The van der Waals surface area contributed by atoms with Crippen LogP contribution in [0, 0.1) is 34.0 Å².